The Balaban J connectivity index is 0.00000192. The summed E-state index contributed by atoms with van der Waals surface area (Å²) >= 11 is 0. The van der Waals surface area contributed by atoms with Crippen LogP contribution in [0.2, 0.25) is 0 Å². The van der Waals surface area contributed by atoms with Crippen LogP contribution in [0, 0.1) is 11.8 Å². The van der Waals surface area contributed by atoms with Gasteiger partial charge in [-0.1, -0.05) is 31.2 Å². The standard InChI is InChI=1S/C19H28N2O.ClH/c1-14(17-8-5-9-20-13-17)10-19(22)21(2)18-11-15-6-3-4-7-16(15)12-18;/h3-4,6-7,14,17-18,20H,5,8-13H2,1-2H3;1H. The van der Waals surface area contributed by atoms with Crippen molar-refractivity contribution >= 4 is 18.3 Å². The van der Waals surface area contributed by atoms with E-state index in [9.17, 15) is 4.79 Å². The first-order valence-corrected chi connectivity index (χ1v) is 8.68. The van der Waals surface area contributed by atoms with Gasteiger partial charge in [-0.3, -0.25) is 4.79 Å². The second-order valence-electron chi connectivity index (χ2n) is 7.12. The van der Waals surface area contributed by atoms with E-state index in [2.05, 4.69) is 36.5 Å². The molecule has 0 bridgehead atoms. The van der Waals surface area contributed by atoms with E-state index in [0.717, 1.165) is 25.9 Å². The highest BCUT2D eigenvalue weighted by Crippen LogP contribution is 2.27. The number of likely N-dealkylation sites (N-methyl/N-ethyl adjacent to an activating group) is 1. The number of fused-ring (bicyclic) bond motifs is 1. The van der Waals surface area contributed by atoms with Crippen LogP contribution in [-0.4, -0.2) is 37.0 Å². The number of carbonyl (C=O) groups is 1. The zero-order chi connectivity index (χ0) is 15.5. The van der Waals surface area contributed by atoms with Gasteiger partial charge in [0.05, 0.1) is 0 Å². The van der Waals surface area contributed by atoms with Crippen molar-refractivity contribution in [1.82, 2.24) is 10.2 Å². The number of nitrogens with one attached hydrogen (secondary N) is 1. The summed E-state index contributed by atoms with van der Waals surface area (Å²) in [5, 5.41) is 3.46. The lowest BCUT2D eigenvalue weighted by Crippen LogP contribution is -2.40. The average Bonchev–Trinajstić information content (AvgIpc) is 2.98. The number of halogens is 1. The predicted molar refractivity (Wildman–Crippen MR) is 97.0 cm³/mol. The molecule has 0 aromatic heterocycles. The zero-order valence-electron chi connectivity index (χ0n) is 14.3. The van der Waals surface area contributed by atoms with Gasteiger partial charge in [-0.2, -0.15) is 0 Å². The van der Waals surface area contributed by atoms with Gasteiger partial charge in [0, 0.05) is 19.5 Å². The third-order valence-corrected chi connectivity index (χ3v) is 5.61. The fourth-order valence-electron chi connectivity index (χ4n) is 3.96. The van der Waals surface area contributed by atoms with Gasteiger partial charge in [-0.25, -0.2) is 0 Å². The largest absolute Gasteiger partial charge is 0.342 e. The smallest absolute Gasteiger partial charge is 0.222 e. The molecule has 128 valence electrons. The van der Waals surface area contributed by atoms with E-state index in [1.54, 1.807) is 0 Å². The van der Waals surface area contributed by atoms with Gasteiger partial charge in [0.15, 0.2) is 0 Å². The van der Waals surface area contributed by atoms with Gasteiger partial charge >= 0.3 is 0 Å². The molecular weight excluding hydrogens is 308 g/mol. The number of carbonyl (C=O) groups excluding carboxylic acids is 1. The maximum atomic E-state index is 12.6. The Bertz CT molecular complexity index is 503. The maximum Gasteiger partial charge on any atom is 0.222 e. The Labute approximate surface area is 146 Å². The Morgan fingerprint density at radius 2 is 1.96 bits per heavy atom. The number of hydrogen-bond donors (Lipinski definition) is 1. The van der Waals surface area contributed by atoms with Crippen LogP contribution in [-0.2, 0) is 17.6 Å². The van der Waals surface area contributed by atoms with Crippen molar-refractivity contribution in [2.24, 2.45) is 11.8 Å². The van der Waals surface area contributed by atoms with Crippen molar-refractivity contribution in [2.75, 3.05) is 20.1 Å². The highest BCUT2D eigenvalue weighted by atomic mass is 35.5. The minimum atomic E-state index is 0. The number of rotatable bonds is 4. The highest BCUT2D eigenvalue weighted by molar-refractivity contribution is 5.85. The van der Waals surface area contributed by atoms with Crippen LogP contribution in [0.15, 0.2) is 24.3 Å². The Morgan fingerprint density at radius 1 is 1.30 bits per heavy atom. The van der Waals surface area contributed by atoms with Crippen LogP contribution in [0.1, 0.15) is 37.3 Å². The second kappa shape index (κ2) is 8.16. The highest BCUT2D eigenvalue weighted by Gasteiger charge is 2.29. The van der Waals surface area contributed by atoms with E-state index < -0.39 is 0 Å². The van der Waals surface area contributed by atoms with Crippen LogP contribution in [0.3, 0.4) is 0 Å². The monoisotopic (exact) mass is 336 g/mol. The summed E-state index contributed by atoms with van der Waals surface area (Å²) in [5.74, 6) is 1.45. The Hall–Kier alpha value is -1.06. The van der Waals surface area contributed by atoms with E-state index in [0.29, 0.717) is 30.2 Å². The summed E-state index contributed by atoms with van der Waals surface area (Å²) < 4.78 is 0. The van der Waals surface area contributed by atoms with Gasteiger partial charge in [-0.15, -0.1) is 12.4 Å². The first-order valence-electron chi connectivity index (χ1n) is 8.68. The van der Waals surface area contributed by atoms with Crippen molar-refractivity contribution < 1.29 is 4.79 Å². The first kappa shape index (κ1) is 18.3. The van der Waals surface area contributed by atoms with Gasteiger partial charge in [0.1, 0.15) is 0 Å². The molecule has 0 radical (unpaired) electrons. The minimum Gasteiger partial charge on any atom is -0.342 e. The van der Waals surface area contributed by atoms with E-state index in [1.807, 2.05) is 11.9 Å². The molecule has 1 aliphatic heterocycles. The van der Waals surface area contributed by atoms with E-state index >= 15 is 0 Å². The number of benzene rings is 1. The van der Waals surface area contributed by atoms with Crippen molar-refractivity contribution in [3.8, 4) is 0 Å². The fraction of sp³-hybridized carbons (Fsp3) is 0.632. The van der Waals surface area contributed by atoms with E-state index in [1.165, 1.54) is 24.0 Å². The molecular formula is C19H29ClN2O. The Kier molecular flexibility index (Phi) is 6.49. The summed E-state index contributed by atoms with van der Waals surface area (Å²) in [6.45, 7) is 4.46. The Morgan fingerprint density at radius 3 is 2.52 bits per heavy atom. The molecule has 1 saturated heterocycles. The summed E-state index contributed by atoms with van der Waals surface area (Å²) in [6, 6.07) is 8.94. The lowest BCUT2D eigenvalue weighted by molar-refractivity contribution is -0.133. The lowest BCUT2D eigenvalue weighted by Gasteiger charge is -2.31. The van der Waals surface area contributed by atoms with Crippen LogP contribution < -0.4 is 5.32 Å². The summed E-state index contributed by atoms with van der Waals surface area (Å²) in [7, 11) is 1.99. The van der Waals surface area contributed by atoms with Crippen molar-refractivity contribution in [2.45, 2.75) is 45.1 Å². The van der Waals surface area contributed by atoms with E-state index in [-0.39, 0.29) is 12.4 Å². The van der Waals surface area contributed by atoms with Gasteiger partial charge < -0.3 is 10.2 Å². The molecule has 0 spiro atoms. The summed E-state index contributed by atoms with van der Waals surface area (Å²) in [5.41, 5.74) is 2.83. The summed E-state index contributed by atoms with van der Waals surface area (Å²) in [4.78, 5) is 14.6. The molecule has 3 rings (SSSR count). The third-order valence-electron chi connectivity index (χ3n) is 5.61. The second-order valence-corrected chi connectivity index (χ2v) is 7.12. The molecule has 0 saturated carbocycles. The molecule has 23 heavy (non-hydrogen) atoms. The van der Waals surface area contributed by atoms with Gasteiger partial charge in [0.2, 0.25) is 5.91 Å². The number of nitrogens with zero attached hydrogens (tertiary/aromatic N) is 1. The van der Waals surface area contributed by atoms with Crippen LogP contribution >= 0.6 is 12.4 Å². The van der Waals surface area contributed by atoms with E-state index in [4.69, 9.17) is 0 Å². The third kappa shape index (κ3) is 4.27. The molecule has 4 heteroatoms. The lowest BCUT2D eigenvalue weighted by atomic mass is 9.85. The number of hydrogen-bond acceptors (Lipinski definition) is 2. The molecule has 1 aromatic carbocycles. The zero-order valence-corrected chi connectivity index (χ0v) is 15.1. The molecule has 3 nitrogen and oxygen atoms in total. The van der Waals surface area contributed by atoms with Crippen LogP contribution in [0.4, 0.5) is 0 Å². The first-order chi connectivity index (χ1) is 10.6. The van der Waals surface area contributed by atoms with Crippen LogP contribution in [0.5, 0.6) is 0 Å². The van der Waals surface area contributed by atoms with Crippen molar-refractivity contribution in [3.63, 3.8) is 0 Å². The number of piperidine rings is 1. The molecule has 1 aliphatic carbocycles. The normalized spacial score (nSPS) is 22.1. The molecule has 1 fully saturated rings. The maximum absolute atomic E-state index is 12.6. The molecule has 2 unspecified atom stereocenters. The molecule has 1 N–H and O–H groups in total. The van der Waals surface area contributed by atoms with Crippen molar-refractivity contribution in [3.05, 3.63) is 35.4 Å². The SMILES string of the molecule is CC(CC(=O)N(C)C1Cc2ccccc2C1)C1CCCNC1.Cl. The van der Waals surface area contributed by atoms with Gasteiger partial charge in [0.25, 0.3) is 0 Å². The topological polar surface area (TPSA) is 32.3 Å². The average molecular weight is 337 g/mol. The summed E-state index contributed by atoms with van der Waals surface area (Å²) in [6.07, 6.45) is 5.22. The van der Waals surface area contributed by atoms with Crippen LogP contribution in [0.25, 0.3) is 0 Å². The predicted octanol–water partition coefficient (Wildman–Crippen LogP) is 3.06. The quantitative estimate of drug-likeness (QED) is 0.916. The van der Waals surface area contributed by atoms with Gasteiger partial charge in [-0.05, 0) is 61.7 Å². The minimum absolute atomic E-state index is 0. The number of amides is 1. The van der Waals surface area contributed by atoms with Crippen molar-refractivity contribution in [1.29, 1.82) is 0 Å². The molecule has 1 heterocycles. The molecule has 1 aromatic rings. The molecule has 2 atom stereocenters. The fourth-order valence-corrected chi connectivity index (χ4v) is 3.96. The molecule has 2 aliphatic rings. The molecule has 1 amide bonds.